The van der Waals surface area contributed by atoms with E-state index in [2.05, 4.69) is 66.3 Å². The summed E-state index contributed by atoms with van der Waals surface area (Å²) in [4.78, 5) is 6.49. The third-order valence-corrected chi connectivity index (χ3v) is 5.26. The van der Waals surface area contributed by atoms with Crippen molar-refractivity contribution in [1.82, 2.24) is 15.1 Å². The monoisotopic (exact) mass is 372 g/mol. The Bertz CT molecular complexity index is 626. The molecule has 0 saturated carbocycles. The fourth-order valence-corrected chi connectivity index (χ4v) is 3.33. The van der Waals surface area contributed by atoms with E-state index in [1.807, 2.05) is 36.3 Å². The second-order valence-electron chi connectivity index (χ2n) is 7.21. The maximum Gasteiger partial charge on any atom is 0.217 e. The molecule has 0 amide bonds. The van der Waals surface area contributed by atoms with Gasteiger partial charge in [-0.1, -0.05) is 13.8 Å². The van der Waals surface area contributed by atoms with Crippen molar-refractivity contribution in [3.8, 4) is 0 Å². The lowest BCUT2D eigenvalue weighted by Crippen LogP contribution is -2.36. The first kappa shape index (κ1) is 21.2. The molecular weight excluding hydrogens is 336 g/mol. The van der Waals surface area contributed by atoms with Gasteiger partial charge in [-0.25, -0.2) is 0 Å². The summed E-state index contributed by atoms with van der Waals surface area (Å²) in [6, 6.07) is 7.07. The van der Waals surface area contributed by atoms with Gasteiger partial charge in [-0.05, 0) is 50.5 Å². The summed E-state index contributed by atoms with van der Waals surface area (Å²) < 4.78 is 0. The molecule has 0 radical (unpaired) electrons. The highest BCUT2D eigenvalue weighted by atomic mass is 15.5. The van der Waals surface area contributed by atoms with E-state index in [4.69, 9.17) is 0 Å². The predicted octanol–water partition coefficient (Wildman–Crippen LogP) is 4.32. The fourth-order valence-electron chi connectivity index (χ4n) is 3.33. The van der Waals surface area contributed by atoms with Gasteiger partial charge in [0.2, 0.25) is 6.29 Å². The first-order valence-corrected chi connectivity index (χ1v) is 10.1. The molecule has 6 nitrogen and oxygen atoms in total. The van der Waals surface area contributed by atoms with E-state index in [9.17, 15) is 0 Å². The number of aryl methyl sites for hydroxylation is 1. The number of hydrogen-bond donors (Lipinski definition) is 1. The van der Waals surface area contributed by atoms with Crippen LogP contribution in [-0.4, -0.2) is 55.9 Å². The maximum atomic E-state index is 4.49. The van der Waals surface area contributed by atoms with Crippen LogP contribution in [-0.2, 0) is 0 Å². The van der Waals surface area contributed by atoms with Gasteiger partial charge in [-0.3, -0.25) is 0 Å². The number of benzene rings is 1. The molecule has 0 spiro atoms. The molecule has 0 unspecified atom stereocenters. The van der Waals surface area contributed by atoms with E-state index in [1.165, 1.54) is 18.5 Å². The van der Waals surface area contributed by atoms with Crippen LogP contribution in [0.4, 0.5) is 11.4 Å². The van der Waals surface area contributed by atoms with Gasteiger partial charge in [-0.15, -0.1) is 5.11 Å². The van der Waals surface area contributed by atoms with Crippen molar-refractivity contribution in [3.63, 3.8) is 0 Å². The SMILES string of the molecule is CCC(CC)NCCN(CC)c1ccc(/N=N/C2N(C)C=CN2C)c(C)c1. The summed E-state index contributed by atoms with van der Waals surface area (Å²) in [5, 5.41) is 12.6. The molecule has 0 atom stereocenters. The topological polar surface area (TPSA) is 46.5 Å². The van der Waals surface area contributed by atoms with Crippen LogP contribution >= 0.6 is 0 Å². The van der Waals surface area contributed by atoms with Crippen molar-refractivity contribution in [2.75, 3.05) is 38.6 Å². The summed E-state index contributed by atoms with van der Waals surface area (Å²) in [5.74, 6) is 0. The smallest absolute Gasteiger partial charge is 0.217 e. The minimum atomic E-state index is -0.0626. The lowest BCUT2D eigenvalue weighted by molar-refractivity contribution is 0.206. The molecule has 0 bridgehead atoms. The van der Waals surface area contributed by atoms with E-state index in [0.717, 1.165) is 30.9 Å². The first-order chi connectivity index (χ1) is 13.0. The van der Waals surface area contributed by atoms with Crippen molar-refractivity contribution in [3.05, 3.63) is 36.2 Å². The summed E-state index contributed by atoms with van der Waals surface area (Å²) >= 11 is 0. The zero-order chi connectivity index (χ0) is 19.8. The van der Waals surface area contributed by atoms with Crippen molar-refractivity contribution in [1.29, 1.82) is 0 Å². The largest absolute Gasteiger partial charge is 0.371 e. The van der Waals surface area contributed by atoms with Crippen LogP contribution in [0.3, 0.4) is 0 Å². The zero-order valence-corrected chi connectivity index (χ0v) is 17.8. The molecule has 1 aromatic rings. The number of azo groups is 1. The number of hydrogen-bond acceptors (Lipinski definition) is 6. The summed E-state index contributed by atoms with van der Waals surface area (Å²) in [6.07, 6.45) is 6.32. The Morgan fingerprint density at radius 3 is 2.33 bits per heavy atom. The fraction of sp³-hybridized carbons (Fsp3) is 0.619. The summed E-state index contributed by atoms with van der Waals surface area (Å²) in [6.45, 7) is 11.8. The molecule has 150 valence electrons. The molecule has 2 rings (SSSR count). The molecule has 1 aliphatic rings. The normalized spacial score (nSPS) is 14.9. The zero-order valence-electron chi connectivity index (χ0n) is 17.8. The van der Waals surface area contributed by atoms with E-state index < -0.39 is 0 Å². The van der Waals surface area contributed by atoms with E-state index in [0.29, 0.717) is 6.04 Å². The molecule has 1 N–H and O–H groups in total. The highest BCUT2D eigenvalue weighted by Gasteiger charge is 2.19. The lowest BCUT2D eigenvalue weighted by atomic mass is 10.1. The van der Waals surface area contributed by atoms with Gasteiger partial charge in [0, 0.05) is 57.9 Å². The number of rotatable bonds is 10. The van der Waals surface area contributed by atoms with Crippen molar-refractivity contribution in [2.45, 2.75) is 52.9 Å². The average Bonchev–Trinajstić information content (AvgIpc) is 2.99. The van der Waals surface area contributed by atoms with Gasteiger partial charge in [-0.2, -0.15) is 5.11 Å². The molecule has 6 heteroatoms. The third kappa shape index (κ3) is 5.70. The molecule has 0 fully saturated rings. The maximum absolute atomic E-state index is 4.49. The van der Waals surface area contributed by atoms with Gasteiger partial charge in [0.05, 0.1) is 5.69 Å². The van der Waals surface area contributed by atoms with E-state index in [1.54, 1.807) is 0 Å². The number of nitrogens with one attached hydrogen (secondary N) is 1. The van der Waals surface area contributed by atoms with Crippen molar-refractivity contribution >= 4 is 11.4 Å². The number of anilines is 1. The number of likely N-dealkylation sites (N-methyl/N-ethyl adjacent to an activating group) is 1. The average molecular weight is 373 g/mol. The summed E-state index contributed by atoms with van der Waals surface area (Å²) in [7, 11) is 4.02. The molecule has 0 aliphatic carbocycles. The Hall–Kier alpha value is -2.08. The quantitative estimate of drug-likeness (QED) is 0.622. The lowest BCUT2D eigenvalue weighted by Gasteiger charge is -2.25. The van der Waals surface area contributed by atoms with E-state index >= 15 is 0 Å². The minimum Gasteiger partial charge on any atom is -0.371 e. The molecular formula is C21H36N6. The second kappa shape index (κ2) is 10.3. The first-order valence-electron chi connectivity index (χ1n) is 10.1. The molecule has 1 aromatic carbocycles. The minimum absolute atomic E-state index is 0.0626. The highest BCUT2D eigenvalue weighted by molar-refractivity contribution is 5.57. The standard InChI is InChI=1S/C21H36N6/c1-7-18(8-2)22-12-13-27(9-3)19-10-11-20(17(4)16-19)23-24-21-25(5)14-15-26(21)6/h10-11,14-16,18,21-22H,7-9,12-13H2,1-6H3/b24-23+. The van der Waals surface area contributed by atoms with Crippen LogP contribution in [0.15, 0.2) is 40.8 Å². The van der Waals surface area contributed by atoms with Gasteiger partial charge in [0.25, 0.3) is 0 Å². The highest BCUT2D eigenvalue weighted by Crippen LogP contribution is 2.26. The molecule has 0 aromatic heterocycles. The summed E-state index contributed by atoms with van der Waals surface area (Å²) in [5.41, 5.74) is 3.33. The Morgan fingerprint density at radius 2 is 1.78 bits per heavy atom. The van der Waals surface area contributed by atoms with Gasteiger partial charge in [0.1, 0.15) is 0 Å². The van der Waals surface area contributed by atoms with Crippen LogP contribution < -0.4 is 10.2 Å². The predicted molar refractivity (Wildman–Crippen MR) is 114 cm³/mol. The molecule has 0 saturated heterocycles. The molecule has 27 heavy (non-hydrogen) atoms. The Balaban J connectivity index is 1.99. The third-order valence-electron chi connectivity index (χ3n) is 5.26. The number of nitrogens with zero attached hydrogens (tertiary/aromatic N) is 5. The molecule has 1 heterocycles. The van der Waals surface area contributed by atoms with Crippen molar-refractivity contribution < 1.29 is 0 Å². The van der Waals surface area contributed by atoms with Crippen LogP contribution in [0.5, 0.6) is 0 Å². The van der Waals surface area contributed by atoms with Crippen LogP contribution in [0.25, 0.3) is 0 Å². The Labute approximate surface area is 164 Å². The Kier molecular flexibility index (Phi) is 8.10. The van der Waals surface area contributed by atoms with Gasteiger partial charge >= 0.3 is 0 Å². The molecule has 1 aliphatic heterocycles. The van der Waals surface area contributed by atoms with E-state index in [-0.39, 0.29) is 6.29 Å². The van der Waals surface area contributed by atoms with Gasteiger partial charge in [0.15, 0.2) is 0 Å². The van der Waals surface area contributed by atoms with Crippen LogP contribution in [0.1, 0.15) is 39.2 Å². The van der Waals surface area contributed by atoms with Crippen molar-refractivity contribution in [2.24, 2.45) is 10.2 Å². The van der Waals surface area contributed by atoms with Crippen LogP contribution in [0.2, 0.25) is 0 Å². The Morgan fingerprint density at radius 1 is 1.11 bits per heavy atom. The van der Waals surface area contributed by atoms with Crippen LogP contribution in [0, 0.1) is 6.92 Å². The second-order valence-corrected chi connectivity index (χ2v) is 7.21. The van der Waals surface area contributed by atoms with Gasteiger partial charge < -0.3 is 20.0 Å².